The Bertz CT molecular complexity index is 986. The number of carbonyl (C=O) groups excluding carboxylic acids is 3. The number of aromatic nitrogens is 1. The fraction of sp³-hybridized carbons (Fsp3) is 0.435. The molecule has 0 aliphatic heterocycles. The van der Waals surface area contributed by atoms with Gasteiger partial charge in [0.2, 0.25) is 0 Å². The summed E-state index contributed by atoms with van der Waals surface area (Å²) in [5, 5.41) is 0.335. The number of esters is 1. The van der Waals surface area contributed by atoms with E-state index in [1.807, 2.05) is 27.7 Å². The molecule has 7 heteroatoms. The van der Waals surface area contributed by atoms with Gasteiger partial charge in [-0.05, 0) is 59.2 Å². The molecule has 0 unspecified atom stereocenters. The maximum Gasteiger partial charge on any atom is 0.354 e. The first-order chi connectivity index (χ1) is 13.9. The van der Waals surface area contributed by atoms with Crippen LogP contribution in [0, 0.1) is 13.8 Å². The summed E-state index contributed by atoms with van der Waals surface area (Å²) in [6.45, 7) is 11.4. The van der Waals surface area contributed by atoms with Gasteiger partial charge in [0.25, 0.3) is 5.91 Å². The monoisotopic (exact) mass is 432 g/mol. The molecule has 0 fully saturated rings. The van der Waals surface area contributed by atoms with Crippen LogP contribution in [0.15, 0.2) is 24.3 Å². The molecule has 0 N–H and O–H groups in total. The zero-order valence-corrected chi connectivity index (χ0v) is 19.4. The first kappa shape index (κ1) is 23.7. The number of benzene rings is 1. The second-order valence-corrected chi connectivity index (χ2v) is 8.54. The first-order valence-corrected chi connectivity index (χ1v) is 10.2. The van der Waals surface area contributed by atoms with E-state index in [0.717, 1.165) is 0 Å². The first-order valence-electron chi connectivity index (χ1n) is 9.83. The SMILES string of the molecule is CCn1c(C)c(C(=O)CN(C(=O)c2ccccc2Cl)C(C)(C)C)c(C)c1C(=O)OC. The fourth-order valence-electron chi connectivity index (χ4n) is 3.68. The maximum absolute atomic E-state index is 13.4. The summed E-state index contributed by atoms with van der Waals surface area (Å²) < 4.78 is 6.67. The molecule has 0 saturated heterocycles. The van der Waals surface area contributed by atoms with Gasteiger partial charge in [-0.2, -0.15) is 0 Å². The lowest BCUT2D eigenvalue weighted by atomic mass is 10.00. The molecule has 30 heavy (non-hydrogen) atoms. The summed E-state index contributed by atoms with van der Waals surface area (Å²) in [7, 11) is 1.31. The molecule has 1 heterocycles. The molecule has 0 spiro atoms. The van der Waals surface area contributed by atoms with Crippen molar-refractivity contribution in [3.8, 4) is 0 Å². The summed E-state index contributed by atoms with van der Waals surface area (Å²) in [4.78, 5) is 40.4. The van der Waals surface area contributed by atoms with E-state index in [-0.39, 0.29) is 18.2 Å². The number of amides is 1. The fourth-order valence-corrected chi connectivity index (χ4v) is 3.89. The topological polar surface area (TPSA) is 68.6 Å². The maximum atomic E-state index is 13.4. The van der Waals surface area contributed by atoms with Crippen molar-refractivity contribution >= 4 is 29.3 Å². The molecule has 1 amide bonds. The molecular formula is C23H29ClN2O4. The molecule has 0 atom stereocenters. The van der Waals surface area contributed by atoms with Gasteiger partial charge in [0.05, 0.1) is 24.2 Å². The lowest BCUT2D eigenvalue weighted by Gasteiger charge is -2.35. The van der Waals surface area contributed by atoms with Crippen LogP contribution in [0.1, 0.15) is 70.2 Å². The number of ether oxygens (including phenoxy) is 1. The van der Waals surface area contributed by atoms with Gasteiger partial charge in [-0.3, -0.25) is 9.59 Å². The number of ketones is 1. The van der Waals surface area contributed by atoms with E-state index >= 15 is 0 Å². The largest absolute Gasteiger partial charge is 0.464 e. The van der Waals surface area contributed by atoms with Crippen molar-refractivity contribution in [2.45, 2.75) is 53.6 Å². The highest BCUT2D eigenvalue weighted by atomic mass is 35.5. The van der Waals surface area contributed by atoms with Gasteiger partial charge >= 0.3 is 5.97 Å². The number of hydrogen-bond acceptors (Lipinski definition) is 4. The summed E-state index contributed by atoms with van der Waals surface area (Å²) in [5.41, 5.74) is 1.77. The summed E-state index contributed by atoms with van der Waals surface area (Å²) in [5.74, 6) is -1.05. The Morgan fingerprint density at radius 3 is 2.23 bits per heavy atom. The van der Waals surface area contributed by atoms with Crippen molar-refractivity contribution in [2.24, 2.45) is 0 Å². The molecule has 162 valence electrons. The smallest absolute Gasteiger partial charge is 0.354 e. The molecule has 1 aromatic carbocycles. The Balaban J connectivity index is 2.50. The third-order valence-electron chi connectivity index (χ3n) is 5.20. The Hall–Kier alpha value is -2.60. The highest BCUT2D eigenvalue weighted by molar-refractivity contribution is 6.33. The Kier molecular flexibility index (Phi) is 7.14. The Labute approximate surface area is 182 Å². The van der Waals surface area contributed by atoms with Gasteiger partial charge in [0.1, 0.15) is 5.69 Å². The molecule has 0 saturated carbocycles. The highest BCUT2D eigenvalue weighted by Gasteiger charge is 2.33. The highest BCUT2D eigenvalue weighted by Crippen LogP contribution is 2.27. The molecule has 2 aromatic rings. The van der Waals surface area contributed by atoms with Crippen LogP contribution < -0.4 is 0 Å². The van der Waals surface area contributed by atoms with Crippen LogP contribution in [0.25, 0.3) is 0 Å². The van der Waals surface area contributed by atoms with Crippen molar-refractivity contribution in [2.75, 3.05) is 13.7 Å². The van der Waals surface area contributed by atoms with Gasteiger partial charge in [-0.15, -0.1) is 0 Å². The van der Waals surface area contributed by atoms with E-state index in [1.165, 1.54) is 12.0 Å². The van der Waals surface area contributed by atoms with Crippen LogP contribution in [0.3, 0.4) is 0 Å². The van der Waals surface area contributed by atoms with Crippen LogP contribution in [0.2, 0.25) is 5.02 Å². The summed E-state index contributed by atoms with van der Waals surface area (Å²) in [6.07, 6.45) is 0. The van der Waals surface area contributed by atoms with Crippen molar-refractivity contribution < 1.29 is 19.1 Å². The molecule has 1 aromatic heterocycles. The third-order valence-corrected chi connectivity index (χ3v) is 5.53. The molecule has 0 aliphatic carbocycles. The minimum atomic E-state index is -0.619. The predicted molar refractivity (Wildman–Crippen MR) is 117 cm³/mol. The van der Waals surface area contributed by atoms with E-state index in [1.54, 1.807) is 42.7 Å². The standard InChI is InChI=1S/C23H29ClN2O4/c1-8-25-15(3)19(14(2)20(25)22(29)30-7)18(27)13-26(23(4,5)6)21(28)16-11-9-10-12-17(16)24/h9-12H,8,13H2,1-7H3. The second kappa shape index (κ2) is 9.04. The normalized spacial score (nSPS) is 11.3. The number of nitrogens with zero attached hydrogens (tertiary/aromatic N) is 2. The molecule has 0 radical (unpaired) electrons. The number of hydrogen-bond donors (Lipinski definition) is 0. The second-order valence-electron chi connectivity index (χ2n) is 8.13. The molecular weight excluding hydrogens is 404 g/mol. The molecule has 0 aliphatic rings. The minimum absolute atomic E-state index is 0.135. The van der Waals surface area contributed by atoms with E-state index in [4.69, 9.17) is 16.3 Å². The number of carbonyl (C=O) groups is 3. The van der Waals surface area contributed by atoms with E-state index in [2.05, 4.69) is 0 Å². The van der Waals surface area contributed by atoms with Gasteiger partial charge in [0.15, 0.2) is 5.78 Å². The van der Waals surface area contributed by atoms with Crippen LogP contribution in [0.4, 0.5) is 0 Å². The Morgan fingerprint density at radius 2 is 1.73 bits per heavy atom. The van der Waals surface area contributed by atoms with Gasteiger partial charge < -0.3 is 14.2 Å². The molecule has 0 bridgehead atoms. The van der Waals surface area contributed by atoms with Gasteiger partial charge in [-0.1, -0.05) is 23.7 Å². The zero-order chi connectivity index (χ0) is 22.8. The average molecular weight is 433 g/mol. The van der Waals surface area contributed by atoms with Crippen molar-refractivity contribution in [3.63, 3.8) is 0 Å². The lowest BCUT2D eigenvalue weighted by Crippen LogP contribution is -2.48. The van der Waals surface area contributed by atoms with Gasteiger partial charge in [-0.25, -0.2) is 4.79 Å². The van der Waals surface area contributed by atoms with Crippen molar-refractivity contribution in [1.82, 2.24) is 9.47 Å². The van der Waals surface area contributed by atoms with Crippen LogP contribution in [-0.4, -0.2) is 46.3 Å². The average Bonchev–Trinajstić information content (AvgIpc) is 2.93. The molecule has 2 rings (SSSR count). The van der Waals surface area contributed by atoms with Gasteiger partial charge in [0, 0.05) is 23.3 Å². The van der Waals surface area contributed by atoms with Crippen LogP contribution in [0.5, 0.6) is 0 Å². The third kappa shape index (κ3) is 4.43. The number of halogens is 1. The number of methoxy groups -OCH3 is 1. The van der Waals surface area contributed by atoms with Crippen molar-refractivity contribution in [3.05, 3.63) is 57.4 Å². The van der Waals surface area contributed by atoms with Crippen molar-refractivity contribution in [1.29, 1.82) is 0 Å². The van der Waals surface area contributed by atoms with E-state index < -0.39 is 11.5 Å². The zero-order valence-electron chi connectivity index (χ0n) is 18.6. The molecule has 6 nitrogen and oxygen atoms in total. The van der Waals surface area contributed by atoms with E-state index in [9.17, 15) is 14.4 Å². The van der Waals surface area contributed by atoms with Crippen LogP contribution in [-0.2, 0) is 11.3 Å². The minimum Gasteiger partial charge on any atom is -0.464 e. The lowest BCUT2D eigenvalue weighted by molar-refractivity contribution is 0.0546. The summed E-state index contributed by atoms with van der Waals surface area (Å²) in [6, 6.07) is 6.78. The van der Waals surface area contributed by atoms with Crippen LogP contribution >= 0.6 is 11.6 Å². The predicted octanol–water partition coefficient (Wildman–Crippen LogP) is 4.69. The summed E-state index contributed by atoms with van der Waals surface area (Å²) >= 11 is 6.22. The Morgan fingerprint density at radius 1 is 1.13 bits per heavy atom. The number of rotatable bonds is 6. The number of Topliss-reactive ketones (excluding diaryl/α,β-unsaturated/α-hetero) is 1. The van der Waals surface area contributed by atoms with E-state index in [0.29, 0.717) is 39.6 Å². The quantitative estimate of drug-likeness (QED) is 0.490.